The molecule has 2 amide bonds. The molecular formula is C10H17N3O5. The van der Waals surface area contributed by atoms with Gasteiger partial charge in [0, 0.05) is 6.54 Å². The molecule has 0 bridgehead atoms. The number of hydrogen-bond donors (Lipinski definition) is 4. The number of unbranched alkanes of at least 4 members (excludes halogenated alkanes) is 1. The molecule has 0 radical (unpaired) electrons. The van der Waals surface area contributed by atoms with E-state index in [1.54, 1.807) is 0 Å². The molecule has 0 aromatic heterocycles. The van der Waals surface area contributed by atoms with Gasteiger partial charge in [0.25, 0.3) is 5.91 Å². The monoisotopic (exact) mass is 259 g/mol. The number of nitrogens with one attached hydrogen (secondary N) is 2. The van der Waals surface area contributed by atoms with Gasteiger partial charge in [0.15, 0.2) is 0 Å². The van der Waals surface area contributed by atoms with Crippen molar-refractivity contribution in [2.24, 2.45) is 5.73 Å². The van der Waals surface area contributed by atoms with Crippen molar-refractivity contribution in [3.63, 3.8) is 0 Å². The van der Waals surface area contributed by atoms with E-state index in [1.807, 2.05) is 0 Å². The molecule has 0 aliphatic heterocycles. The zero-order valence-electron chi connectivity index (χ0n) is 9.85. The van der Waals surface area contributed by atoms with Crippen LogP contribution in [0.3, 0.4) is 0 Å². The molecule has 0 spiro atoms. The van der Waals surface area contributed by atoms with E-state index < -0.39 is 23.8 Å². The second kappa shape index (κ2) is 9.11. The zero-order chi connectivity index (χ0) is 14.0. The van der Waals surface area contributed by atoms with E-state index in [0.717, 1.165) is 0 Å². The van der Waals surface area contributed by atoms with E-state index in [-0.39, 0.29) is 12.8 Å². The molecule has 1 atom stereocenters. The van der Waals surface area contributed by atoms with Crippen LogP contribution in [0.25, 0.3) is 0 Å². The van der Waals surface area contributed by atoms with E-state index in [2.05, 4.69) is 10.6 Å². The molecule has 0 saturated carbocycles. The summed E-state index contributed by atoms with van der Waals surface area (Å²) in [5, 5.41) is 13.1. The third-order valence-corrected chi connectivity index (χ3v) is 2.11. The van der Waals surface area contributed by atoms with Crippen LogP contribution in [0, 0.1) is 0 Å². The van der Waals surface area contributed by atoms with Crippen molar-refractivity contribution in [2.45, 2.75) is 25.3 Å². The summed E-state index contributed by atoms with van der Waals surface area (Å²) in [6.45, 7) is 0.106. The summed E-state index contributed by atoms with van der Waals surface area (Å²) in [6, 6.07) is -0.882. The Hall–Kier alpha value is -1.96. The highest BCUT2D eigenvalue weighted by molar-refractivity contribution is 6.24. The van der Waals surface area contributed by atoms with Crippen LogP contribution in [0.15, 0.2) is 0 Å². The van der Waals surface area contributed by atoms with Crippen molar-refractivity contribution in [1.82, 2.24) is 10.6 Å². The van der Waals surface area contributed by atoms with Gasteiger partial charge in [-0.15, -0.1) is 0 Å². The van der Waals surface area contributed by atoms with Crippen molar-refractivity contribution >= 4 is 24.1 Å². The molecule has 0 saturated heterocycles. The molecule has 8 nitrogen and oxygen atoms in total. The van der Waals surface area contributed by atoms with Crippen molar-refractivity contribution in [3.05, 3.63) is 0 Å². The Labute approximate surface area is 104 Å². The molecule has 18 heavy (non-hydrogen) atoms. The van der Waals surface area contributed by atoms with Crippen LogP contribution in [0.5, 0.6) is 0 Å². The quantitative estimate of drug-likeness (QED) is 0.214. The SMILES string of the molecule is N[C@@H](CCCCNC(=O)CNC(=O)C=O)C(=O)O. The lowest BCUT2D eigenvalue weighted by Crippen LogP contribution is -2.37. The number of carbonyl (C=O) groups excluding carboxylic acids is 3. The summed E-state index contributed by atoms with van der Waals surface area (Å²) in [5.41, 5.74) is 5.29. The molecule has 0 rings (SSSR count). The van der Waals surface area contributed by atoms with Gasteiger partial charge in [0.05, 0.1) is 6.54 Å². The van der Waals surface area contributed by atoms with Crippen LogP contribution in [-0.2, 0) is 19.2 Å². The maximum absolute atomic E-state index is 11.1. The summed E-state index contributed by atoms with van der Waals surface area (Å²) in [6.07, 6.45) is 1.59. The van der Waals surface area contributed by atoms with Crippen molar-refractivity contribution in [3.8, 4) is 0 Å². The highest BCUT2D eigenvalue weighted by Crippen LogP contribution is 1.97. The number of hydrogen-bond acceptors (Lipinski definition) is 5. The van der Waals surface area contributed by atoms with E-state index in [9.17, 15) is 19.2 Å². The maximum atomic E-state index is 11.1. The highest BCUT2D eigenvalue weighted by atomic mass is 16.4. The fourth-order valence-electron chi connectivity index (χ4n) is 1.11. The zero-order valence-corrected chi connectivity index (χ0v) is 9.85. The van der Waals surface area contributed by atoms with E-state index in [0.29, 0.717) is 25.8 Å². The molecule has 102 valence electrons. The molecule has 0 aromatic carbocycles. The first-order valence-corrected chi connectivity index (χ1v) is 5.45. The maximum Gasteiger partial charge on any atom is 0.320 e. The number of aldehydes is 1. The molecule has 0 aromatic rings. The van der Waals surface area contributed by atoms with Crippen molar-refractivity contribution in [2.75, 3.05) is 13.1 Å². The molecule has 0 unspecified atom stereocenters. The first-order valence-electron chi connectivity index (χ1n) is 5.45. The number of nitrogens with two attached hydrogens (primary N) is 1. The molecule has 5 N–H and O–H groups in total. The van der Waals surface area contributed by atoms with Gasteiger partial charge in [-0.1, -0.05) is 0 Å². The largest absolute Gasteiger partial charge is 0.480 e. The van der Waals surface area contributed by atoms with Crippen LogP contribution in [-0.4, -0.2) is 48.3 Å². The van der Waals surface area contributed by atoms with Gasteiger partial charge in [-0.2, -0.15) is 0 Å². The minimum Gasteiger partial charge on any atom is -0.480 e. The molecule has 0 fully saturated rings. The predicted molar refractivity (Wildman–Crippen MR) is 61.5 cm³/mol. The van der Waals surface area contributed by atoms with E-state index in [4.69, 9.17) is 10.8 Å². The van der Waals surface area contributed by atoms with Gasteiger partial charge in [-0.05, 0) is 19.3 Å². The average Bonchev–Trinajstić information content (AvgIpc) is 2.34. The Bertz CT molecular complexity index is 319. The first-order chi connectivity index (χ1) is 8.47. The fraction of sp³-hybridized carbons (Fsp3) is 0.600. The Balaban J connectivity index is 3.49. The second-order valence-electron chi connectivity index (χ2n) is 3.63. The fourth-order valence-corrected chi connectivity index (χ4v) is 1.11. The van der Waals surface area contributed by atoms with Gasteiger partial charge in [-0.3, -0.25) is 19.2 Å². The number of rotatable bonds is 9. The number of amides is 2. The van der Waals surface area contributed by atoms with Gasteiger partial charge in [-0.25, -0.2) is 0 Å². The summed E-state index contributed by atoms with van der Waals surface area (Å²) >= 11 is 0. The van der Waals surface area contributed by atoms with Crippen LogP contribution >= 0.6 is 0 Å². The first kappa shape index (κ1) is 16.0. The van der Waals surface area contributed by atoms with Crippen LogP contribution in [0.4, 0.5) is 0 Å². The lowest BCUT2D eigenvalue weighted by Gasteiger charge is -2.07. The second-order valence-corrected chi connectivity index (χ2v) is 3.63. The van der Waals surface area contributed by atoms with Crippen molar-refractivity contribution in [1.29, 1.82) is 0 Å². The average molecular weight is 259 g/mol. The van der Waals surface area contributed by atoms with Crippen LogP contribution in [0.2, 0.25) is 0 Å². The van der Waals surface area contributed by atoms with Crippen LogP contribution < -0.4 is 16.4 Å². The smallest absolute Gasteiger partial charge is 0.320 e. The van der Waals surface area contributed by atoms with Gasteiger partial charge < -0.3 is 21.5 Å². The molecule has 8 heteroatoms. The van der Waals surface area contributed by atoms with E-state index in [1.165, 1.54) is 0 Å². The topological polar surface area (TPSA) is 139 Å². The predicted octanol–water partition coefficient (Wildman–Crippen LogP) is -2.00. The minimum atomic E-state index is -1.05. The number of carboxylic acid groups (broad SMARTS) is 1. The lowest BCUT2D eigenvalue weighted by atomic mass is 10.1. The van der Waals surface area contributed by atoms with Gasteiger partial charge in [0.2, 0.25) is 12.2 Å². The Morgan fingerprint density at radius 3 is 2.44 bits per heavy atom. The Morgan fingerprint density at radius 2 is 1.89 bits per heavy atom. The third kappa shape index (κ3) is 8.22. The number of carbonyl (C=O) groups is 4. The minimum absolute atomic E-state index is 0.0839. The number of carboxylic acids is 1. The summed E-state index contributed by atoms with van der Waals surface area (Å²) in [5.74, 6) is -2.30. The van der Waals surface area contributed by atoms with Crippen molar-refractivity contribution < 1.29 is 24.3 Å². The lowest BCUT2D eigenvalue weighted by molar-refractivity contribution is -0.138. The van der Waals surface area contributed by atoms with E-state index >= 15 is 0 Å². The standard InChI is InChI=1S/C10H17N3O5/c11-7(10(17)18)3-1-2-4-12-8(15)5-13-9(16)6-14/h6-7H,1-5,11H2,(H,12,15)(H,13,16)(H,17,18)/t7-/m0/s1. The van der Waals surface area contributed by atoms with Crippen LogP contribution in [0.1, 0.15) is 19.3 Å². The molecular weight excluding hydrogens is 242 g/mol. The third-order valence-electron chi connectivity index (χ3n) is 2.11. The molecule has 0 heterocycles. The van der Waals surface area contributed by atoms with Gasteiger partial charge in [0.1, 0.15) is 6.04 Å². The molecule has 0 aliphatic rings. The summed E-state index contributed by atoms with van der Waals surface area (Å²) in [4.78, 5) is 41.9. The highest BCUT2D eigenvalue weighted by Gasteiger charge is 2.10. The summed E-state index contributed by atoms with van der Waals surface area (Å²) in [7, 11) is 0. The Kier molecular flexibility index (Phi) is 8.12. The number of aliphatic carboxylic acids is 1. The molecule has 0 aliphatic carbocycles. The summed E-state index contributed by atoms with van der Waals surface area (Å²) < 4.78 is 0. The normalized spacial score (nSPS) is 11.4. The van der Waals surface area contributed by atoms with Gasteiger partial charge >= 0.3 is 5.97 Å². The Morgan fingerprint density at radius 1 is 1.22 bits per heavy atom.